The summed E-state index contributed by atoms with van der Waals surface area (Å²) in [6, 6.07) is -0.161. The van der Waals surface area contributed by atoms with Gasteiger partial charge in [-0.2, -0.15) is 13.2 Å². The number of piperazine rings is 1. The summed E-state index contributed by atoms with van der Waals surface area (Å²) in [7, 11) is 0. The third kappa shape index (κ3) is 5.06. The lowest BCUT2D eigenvalue weighted by Gasteiger charge is -2.40. The zero-order valence-corrected chi connectivity index (χ0v) is 14.7. The van der Waals surface area contributed by atoms with Crippen LogP contribution in [-0.2, 0) is 4.74 Å². The summed E-state index contributed by atoms with van der Waals surface area (Å²) in [5, 5.41) is 0. The lowest BCUT2D eigenvalue weighted by atomic mass is 10.0. The molecule has 1 saturated heterocycles. The molecule has 0 bridgehead atoms. The van der Waals surface area contributed by atoms with Crippen molar-refractivity contribution in [1.29, 1.82) is 0 Å². The first-order chi connectivity index (χ1) is 11.9. The molecule has 1 atom stereocenters. The molecule has 0 spiro atoms. The van der Waals surface area contributed by atoms with Crippen LogP contribution in [0.25, 0.3) is 0 Å². The molecule has 0 aromatic heterocycles. The van der Waals surface area contributed by atoms with Crippen molar-refractivity contribution in [2.24, 2.45) is 0 Å². The Balaban J connectivity index is 2.14. The predicted octanol–water partition coefficient (Wildman–Crippen LogP) is 4.12. The number of hydrogen-bond acceptors (Lipinski definition) is 3. The van der Waals surface area contributed by atoms with E-state index in [2.05, 4.69) is 0 Å². The number of carbonyl (C=O) groups excluding carboxylic acids is 1. The van der Waals surface area contributed by atoms with Gasteiger partial charge in [-0.3, -0.25) is 4.90 Å². The van der Waals surface area contributed by atoms with Gasteiger partial charge < -0.3 is 9.64 Å². The third-order valence-electron chi connectivity index (χ3n) is 3.90. The Labute approximate surface area is 148 Å². The highest BCUT2D eigenvalue weighted by Crippen LogP contribution is 2.39. The summed E-state index contributed by atoms with van der Waals surface area (Å²) in [5.74, 6) is -2.19. The maximum atomic E-state index is 13.9. The molecule has 4 nitrogen and oxygen atoms in total. The maximum absolute atomic E-state index is 13.9. The van der Waals surface area contributed by atoms with Gasteiger partial charge in [-0.1, -0.05) is 6.07 Å². The topological polar surface area (TPSA) is 32.8 Å². The quantitative estimate of drug-likeness (QED) is 0.724. The van der Waals surface area contributed by atoms with E-state index in [0.29, 0.717) is 6.07 Å². The average Bonchev–Trinajstić information content (AvgIpc) is 2.47. The fourth-order valence-electron chi connectivity index (χ4n) is 2.79. The van der Waals surface area contributed by atoms with Gasteiger partial charge in [0.2, 0.25) is 0 Å². The van der Waals surface area contributed by atoms with Crippen molar-refractivity contribution >= 4 is 6.09 Å². The van der Waals surface area contributed by atoms with E-state index in [1.165, 1.54) is 4.90 Å². The van der Waals surface area contributed by atoms with E-state index >= 15 is 0 Å². The SMILES string of the molecule is CC(C)(C)OC(=O)N1CCN(C(c2ccc(F)cc2F)C(F)(F)F)CC1. The van der Waals surface area contributed by atoms with Gasteiger partial charge in [-0.15, -0.1) is 0 Å². The standard InChI is InChI=1S/C17H21F5N2O2/c1-16(2,3)26-15(25)24-8-6-23(7-9-24)14(17(20,21)22)12-5-4-11(18)10-13(12)19/h4-5,10,14H,6-9H2,1-3H3. The molecule has 1 aromatic carbocycles. The van der Waals surface area contributed by atoms with Crippen molar-refractivity contribution in [2.75, 3.05) is 26.2 Å². The molecule has 1 aliphatic heterocycles. The van der Waals surface area contributed by atoms with E-state index in [0.717, 1.165) is 17.0 Å². The number of rotatable bonds is 2. The van der Waals surface area contributed by atoms with Crippen molar-refractivity contribution in [3.8, 4) is 0 Å². The molecule has 0 radical (unpaired) electrons. The minimum atomic E-state index is -4.74. The molecule has 9 heteroatoms. The van der Waals surface area contributed by atoms with Crippen LogP contribution in [0.1, 0.15) is 32.4 Å². The van der Waals surface area contributed by atoms with E-state index in [9.17, 15) is 26.7 Å². The largest absolute Gasteiger partial charge is 0.444 e. The third-order valence-corrected chi connectivity index (χ3v) is 3.90. The van der Waals surface area contributed by atoms with E-state index < -0.39 is 41.1 Å². The Morgan fingerprint density at radius 1 is 1.08 bits per heavy atom. The van der Waals surface area contributed by atoms with Gasteiger partial charge in [0.25, 0.3) is 0 Å². The summed E-state index contributed by atoms with van der Waals surface area (Å²) < 4.78 is 72.8. The number of benzene rings is 1. The Kier molecular flexibility index (Phi) is 5.79. The minimum Gasteiger partial charge on any atom is -0.444 e. The molecular weight excluding hydrogens is 359 g/mol. The Hall–Kier alpha value is -1.90. The highest BCUT2D eigenvalue weighted by molar-refractivity contribution is 5.68. The number of nitrogens with zero attached hydrogens (tertiary/aromatic N) is 2. The fraction of sp³-hybridized carbons (Fsp3) is 0.588. The first-order valence-electron chi connectivity index (χ1n) is 8.12. The Morgan fingerprint density at radius 2 is 1.65 bits per heavy atom. The van der Waals surface area contributed by atoms with Gasteiger partial charge in [0.1, 0.15) is 23.3 Å². The summed E-state index contributed by atoms with van der Waals surface area (Å²) >= 11 is 0. The van der Waals surface area contributed by atoms with Gasteiger partial charge in [0, 0.05) is 37.8 Å². The van der Waals surface area contributed by atoms with Crippen LogP contribution in [-0.4, -0.2) is 53.8 Å². The van der Waals surface area contributed by atoms with Crippen molar-refractivity contribution in [2.45, 2.75) is 38.6 Å². The zero-order valence-electron chi connectivity index (χ0n) is 14.7. The molecule has 2 rings (SSSR count). The molecule has 26 heavy (non-hydrogen) atoms. The first kappa shape index (κ1) is 20.4. The molecule has 0 saturated carbocycles. The Morgan fingerprint density at radius 3 is 2.12 bits per heavy atom. The van der Waals surface area contributed by atoms with Crippen LogP contribution < -0.4 is 0 Å². The van der Waals surface area contributed by atoms with Crippen LogP contribution in [0, 0.1) is 11.6 Å². The van der Waals surface area contributed by atoms with Crippen LogP contribution in [0.3, 0.4) is 0 Å². The van der Waals surface area contributed by atoms with E-state index in [1.807, 2.05) is 0 Å². The monoisotopic (exact) mass is 380 g/mol. The van der Waals surface area contributed by atoms with Crippen LogP contribution in [0.4, 0.5) is 26.7 Å². The van der Waals surface area contributed by atoms with Crippen molar-refractivity contribution in [3.63, 3.8) is 0 Å². The van der Waals surface area contributed by atoms with E-state index in [4.69, 9.17) is 4.74 Å². The number of alkyl halides is 3. The van der Waals surface area contributed by atoms with Gasteiger partial charge in [-0.25, -0.2) is 13.6 Å². The lowest BCUT2D eigenvalue weighted by Crippen LogP contribution is -2.53. The molecule has 1 aliphatic rings. The summed E-state index contributed by atoms with van der Waals surface area (Å²) in [4.78, 5) is 14.4. The average molecular weight is 380 g/mol. The highest BCUT2D eigenvalue weighted by atomic mass is 19.4. The number of carbonyl (C=O) groups is 1. The highest BCUT2D eigenvalue weighted by Gasteiger charge is 2.47. The Bertz CT molecular complexity index is 650. The summed E-state index contributed by atoms with van der Waals surface area (Å²) in [5.41, 5.74) is -1.34. The molecule has 1 aromatic rings. The first-order valence-corrected chi connectivity index (χ1v) is 8.12. The zero-order chi connectivity index (χ0) is 19.7. The van der Waals surface area contributed by atoms with Gasteiger partial charge in [0.15, 0.2) is 0 Å². The molecular formula is C17H21F5N2O2. The predicted molar refractivity (Wildman–Crippen MR) is 84.5 cm³/mol. The number of amides is 1. The van der Waals surface area contributed by atoms with E-state index in [-0.39, 0.29) is 26.2 Å². The van der Waals surface area contributed by atoms with Crippen molar-refractivity contribution in [1.82, 2.24) is 9.80 Å². The number of ether oxygens (including phenoxy) is 1. The van der Waals surface area contributed by atoms with E-state index in [1.54, 1.807) is 20.8 Å². The smallest absolute Gasteiger partial charge is 0.410 e. The fourth-order valence-corrected chi connectivity index (χ4v) is 2.79. The second-order valence-corrected chi connectivity index (χ2v) is 7.11. The molecule has 146 valence electrons. The molecule has 1 fully saturated rings. The molecule has 1 unspecified atom stereocenters. The number of halogens is 5. The summed E-state index contributed by atoms with van der Waals surface area (Å²) in [6.07, 6.45) is -5.35. The van der Waals surface area contributed by atoms with Gasteiger partial charge >= 0.3 is 12.3 Å². The second-order valence-electron chi connectivity index (χ2n) is 7.11. The van der Waals surface area contributed by atoms with Gasteiger partial charge in [-0.05, 0) is 26.8 Å². The minimum absolute atomic E-state index is 0.0182. The second kappa shape index (κ2) is 7.38. The lowest BCUT2D eigenvalue weighted by molar-refractivity contribution is -0.190. The van der Waals surface area contributed by atoms with Crippen LogP contribution in [0.15, 0.2) is 18.2 Å². The molecule has 1 heterocycles. The normalized spacial score (nSPS) is 17.9. The van der Waals surface area contributed by atoms with Gasteiger partial charge in [0.05, 0.1) is 0 Å². The van der Waals surface area contributed by atoms with Crippen LogP contribution >= 0.6 is 0 Å². The number of hydrogen-bond donors (Lipinski definition) is 0. The molecule has 0 N–H and O–H groups in total. The molecule has 0 aliphatic carbocycles. The summed E-state index contributed by atoms with van der Waals surface area (Å²) in [6.45, 7) is 4.89. The van der Waals surface area contributed by atoms with Crippen LogP contribution in [0.5, 0.6) is 0 Å². The maximum Gasteiger partial charge on any atom is 0.410 e. The van der Waals surface area contributed by atoms with Crippen molar-refractivity contribution < 1.29 is 31.5 Å². The van der Waals surface area contributed by atoms with Crippen LogP contribution in [0.2, 0.25) is 0 Å². The van der Waals surface area contributed by atoms with Crippen molar-refractivity contribution in [3.05, 3.63) is 35.4 Å². The molecule has 1 amide bonds.